The van der Waals surface area contributed by atoms with Crippen molar-refractivity contribution >= 4 is 17.7 Å². The van der Waals surface area contributed by atoms with Gasteiger partial charge in [-0.15, -0.1) is 10.2 Å². The van der Waals surface area contributed by atoms with Crippen molar-refractivity contribution < 1.29 is 18.3 Å². The predicted molar refractivity (Wildman–Crippen MR) is 75.2 cm³/mol. The van der Waals surface area contributed by atoms with Crippen molar-refractivity contribution in [2.24, 2.45) is 0 Å². The van der Waals surface area contributed by atoms with Crippen LogP contribution < -0.4 is 9.75 Å². The van der Waals surface area contributed by atoms with Gasteiger partial charge in [-0.25, -0.2) is 18.5 Å². The Morgan fingerprint density at radius 1 is 1.41 bits per heavy atom. The maximum Gasteiger partial charge on any atom is 0.238 e. The fraction of sp³-hybridized carbons (Fsp3) is 0.308. The highest BCUT2D eigenvalue weighted by Gasteiger charge is 2.25. The zero-order chi connectivity index (χ0) is 15.7. The molecule has 2 aromatic rings. The lowest BCUT2D eigenvalue weighted by Crippen LogP contribution is -2.44. The molecule has 9 heteroatoms. The molecule has 0 saturated heterocycles. The Morgan fingerprint density at radius 2 is 2.23 bits per heavy atom. The minimum absolute atomic E-state index is 0.0834. The molecule has 0 unspecified atom stereocenters. The lowest BCUT2D eigenvalue weighted by Gasteiger charge is -2.27. The van der Waals surface area contributed by atoms with Gasteiger partial charge in [-0.05, 0) is 12.1 Å². The van der Waals surface area contributed by atoms with Crippen LogP contribution in [-0.4, -0.2) is 33.1 Å². The zero-order valence-corrected chi connectivity index (χ0v) is 12.4. The predicted octanol–water partition coefficient (Wildman–Crippen LogP) is 1.73. The fourth-order valence-electron chi connectivity index (χ4n) is 2.07. The smallest absolute Gasteiger partial charge is 0.238 e. The molecule has 0 spiro atoms. The maximum atomic E-state index is 13.5. The summed E-state index contributed by atoms with van der Waals surface area (Å²) in [5, 5.41) is 10.0. The standard InChI is InChI=1S/C13H12F2N4O2S/c1-8(20)18-4-5-22-13-17-16-12(19(13)18)7-21-11-3-2-9(14)6-10(11)15/h2-3,6H,4-5,7H2,1H3. The maximum absolute atomic E-state index is 13.5. The molecule has 3 rings (SSSR count). The number of benzene rings is 1. The van der Waals surface area contributed by atoms with Crippen molar-refractivity contribution in [2.45, 2.75) is 18.7 Å². The summed E-state index contributed by atoms with van der Waals surface area (Å²) in [6, 6.07) is 3.05. The van der Waals surface area contributed by atoms with Crippen LogP contribution in [0.5, 0.6) is 5.75 Å². The van der Waals surface area contributed by atoms with Gasteiger partial charge < -0.3 is 4.74 Å². The molecule has 116 valence electrons. The van der Waals surface area contributed by atoms with Crippen molar-refractivity contribution in [2.75, 3.05) is 17.3 Å². The topological polar surface area (TPSA) is 60.3 Å². The number of nitrogens with zero attached hydrogens (tertiary/aromatic N) is 4. The van der Waals surface area contributed by atoms with E-state index in [4.69, 9.17) is 4.74 Å². The van der Waals surface area contributed by atoms with Crippen LogP contribution in [0.2, 0.25) is 0 Å². The average Bonchev–Trinajstić information content (AvgIpc) is 2.89. The highest BCUT2D eigenvalue weighted by molar-refractivity contribution is 7.99. The van der Waals surface area contributed by atoms with Crippen molar-refractivity contribution in [1.29, 1.82) is 0 Å². The second kappa shape index (κ2) is 5.91. The fourth-order valence-corrected chi connectivity index (χ4v) is 2.95. The monoisotopic (exact) mass is 326 g/mol. The lowest BCUT2D eigenvalue weighted by atomic mass is 10.3. The van der Waals surface area contributed by atoms with E-state index in [9.17, 15) is 13.6 Å². The second-order valence-corrected chi connectivity index (χ2v) is 5.63. The molecule has 0 atom stereocenters. The lowest BCUT2D eigenvalue weighted by molar-refractivity contribution is -0.118. The first-order valence-electron chi connectivity index (χ1n) is 6.49. The molecule has 1 aromatic heterocycles. The van der Waals surface area contributed by atoms with Crippen LogP contribution in [0.3, 0.4) is 0 Å². The number of ether oxygens (including phenoxy) is 1. The van der Waals surface area contributed by atoms with E-state index in [1.807, 2.05) is 0 Å². The molecule has 0 fully saturated rings. The summed E-state index contributed by atoms with van der Waals surface area (Å²) in [7, 11) is 0. The Labute approximate surface area is 129 Å². The van der Waals surface area contributed by atoms with Gasteiger partial charge in [0, 0.05) is 18.7 Å². The molecule has 0 saturated carbocycles. The van der Waals surface area contributed by atoms with Crippen LogP contribution >= 0.6 is 11.8 Å². The third kappa shape index (κ3) is 2.76. The number of hydrogen-bond acceptors (Lipinski definition) is 5. The molecule has 1 aliphatic heterocycles. The van der Waals surface area contributed by atoms with Crippen molar-refractivity contribution in [1.82, 2.24) is 14.9 Å². The van der Waals surface area contributed by atoms with Crippen LogP contribution in [0.4, 0.5) is 8.78 Å². The summed E-state index contributed by atoms with van der Waals surface area (Å²) >= 11 is 1.47. The molecule has 0 bridgehead atoms. The zero-order valence-electron chi connectivity index (χ0n) is 11.6. The Bertz CT molecular complexity index is 722. The Balaban J connectivity index is 1.82. The largest absolute Gasteiger partial charge is 0.482 e. The molecule has 2 heterocycles. The third-order valence-corrected chi connectivity index (χ3v) is 3.97. The van der Waals surface area contributed by atoms with Gasteiger partial charge in [-0.3, -0.25) is 4.79 Å². The van der Waals surface area contributed by atoms with E-state index < -0.39 is 11.6 Å². The average molecular weight is 326 g/mol. The third-order valence-electron chi connectivity index (χ3n) is 3.07. The number of carbonyl (C=O) groups excluding carboxylic acids is 1. The normalized spacial score (nSPS) is 13.9. The number of aromatic nitrogens is 3. The van der Waals surface area contributed by atoms with Gasteiger partial charge in [0.25, 0.3) is 0 Å². The van der Waals surface area contributed by atoms with E-state index in [0.717, 1.165) is 17.9 Å². The van der Waals surface area contributed by atoms with E-state index in [1.54, 1.807) is 4.68 Å². The summed E-state index contributed by atoms with van der Waals surface area (Å²) < 4.78 is 33.3. The first-order chi connectivity index (χ1) is 10.6. The van der Waals surface area contributed by atoms with Crippen molar-refractivity contribution in [3.8, 4) is 5.75 Å². The molecule has 0 radical (unpaired) electrons. The summed E-state index contributed by atoms with van der Waals surface area (Å²) in [6.07, 6.45) is 0. The number of halogens is 2. The van der Waals surface area contributed by atoms with Crippen LogP contribution in [0, 0.1) is 11.6 Å². The Hall–Kier alpha value is -2.16. The first-order valence-corrected chi connectivity index (χ1v) is 7.48. The van der Waals surface area contributed by atoms with Gasteiger partial charge in [-0.2, -0.15) is 0 Å². The molecule has 1 amide bonds. The van der Waals surface area contributed by atoms with E-state index in [1.165, 1.54) is 29.8 Å². The summed E-state index contributed by atoms with van der Waals surface area (Å²) in [5.41, 5.74) is 0. The summed E-state index contributed by atoms with van der Waals surface area (Å²) in [5.74, 6) is -0.598. The number of amides is 1. The van der Waals surface area contributed by atoms with E-state index >= 15 is 0 Å². The molecule has 1 aromatic carbocycles. The first kappa shape index (κ1) is 14.8. The molecule has 0 aliphatic carbocycles. The van der Waals surface area contributed by atoms with Gasteiger partial charge in [0.15, 0.2) is 17.4 Å². The number of hydrogen-bond donors (Lipinski definition) is 0. The van der Waals surface area contributed by atoms with Crippen LogP contribution in [-0.2, 0) is 11.4 Å². The second-order valence-electron chi connectivity index (χ2n) is 4.56. The quantitative estimate of drug-likeness (QED) is 0.860. The Kier molecular flexibility index (Phi) is 3.97. The molecule has 22 heavy (non-hydrogen) atoms. The highest BCUT2D eigenvalue weighted by atomic mass is 32.2. The van der Waals surface area contributed by atoms with Gasteiger partial charge >= 0.3 is 0 Å². The van der Waals surface area contributed by atoms with E-state index in [0.29, 0.717) is 17.5 Å². The molecular weight excluding hydrogens is 314 g/mol. The van der Waals surface area contributed by atoms with Gasteiger partial charge in [0.05, 0.1) is 6.54 Å². The number of carbonyl (C=O) groups is 1. The van der Waals surface area contributed by atoms with Gasteiger partial charge in [0.1, 0.15) is 12.4 Å². The minimum Gasteiger partial charge on any atom is -0.482 e. The molecule has 6 nitrogen and oxygen atoms in total. The number of thioether (sulfide) groups is 1. The van der Waals surface area contributed by atoms with Crippen molar-refractivity contribution in [3.05, 3.63) is 35.7 Å². The van der Waals surface area contributed by atoms with Crippen LogP contribution in [0.25, 0.3) is 0 Å². The minimum atomic E-state index is -0.795. The van der Waals surface area contributed by atoms with Gasteiger partial charge in [-0.1, -0.05) is 11.8 Å². The number of rotatable bonds is 3. The number of fused-ring (bicyclic) bond motifs is 1. The Morgan fingerprint density at radius 3 is 2.95 bits per heavy atom. The molecule has 1 aliphatic rings. The highest BCUT2D eigenvalue weighted by Crippen LogP contribution is 2.24. The molecular formula is C13H12F2N4O2S. The van der Waals surface area contributed by atoms with Crippen LogP contribution in [0.15, 0.2) is 23.4 Å². The van der Waals surface area contributed by atoms with Crippen LogP contribution in [0.1, 0.15) is 12.7 Å². The summed E-state index contributed by atoms with van der Waals surface area (Å²) in [6.45, 7) is 1.90. The van der Waals surface area contributed by atoms with Gasteiger partial charge in [0.2, 0.25) is 11.1 Å². The van der Waals surface area contributed by atoms with Crippen molar-refractivity contribution in [3.63, 3.8) is 0 Å². The van der Waals surface area contributed by atoms with E-state index in [2.05, 4.69) is 10.2 Å². The van der Waals surface area contributed by atoms with E-state index in [-0.39, 0.29) is 18.3 Å². The SMILES string of the molecule is CC(=O)N1CCSc2nnc(COc3ccc(F)cc3F)n21. The molecule has 0 N–H and O–H groups in total. The summed E-state index contributed by atoms with van der Waals surface area (Å²) in [4.78, 5) is 11.7.